The van der Waals surface area contributed by atoms with Gasteiger partial charge in [-0.3, -0.25) is 10.1 Å². The maximum atomic E-state index is 10.8. The van der Waals surface area contributed by atoms with E-state index in [0.29, 0.717) is 5.56 Å². The molecule has 2 aromatic rings. The van der Waals surface area contributed by atoms with Gasteiger partial charge in [0.2, 0.25) is 0 Å². The van der Waals surface area contributed by atoms with Gasteiger partial charge in [-0.15, -0.1) is 0 Å². The molecule has 0 bridgehead atoms. The van der Waals surface area contributed by atoms with Crippen molar-refractivity contribution in [1.82, 2.24) is 0 Å². The van der Waals surface area contributed by atoms with E-state index in [1.807, 2.05) is 24.3 Å². The summed E-state index contributed by atoms with van der Waals surface area (Å²) >= 11 is 0. The minimum atomic E-state index is -0.356. The van der Waals surface area contributed by atoms with Crippen LogP contribution in [0.1, 0.15) is 5.56 Å². The Morgan fingerprint density at radius 3 is 2.69 bits per heavy atom. The molecule has 2 aromatic carbocycles. The van der Waals surface area contributed by atoms with Gasteiger partial charge >= 0.3 is 0 Å². The predicted molar refractivity (Wildman–Crippen MR) is 62.1 cm³/mol. The minimum absolute atomic E-state index is 0.154. The van der Waals surface area contributed by atoms with Gasteiger partial charge in [-0.05, 0) is 30.2 Å². The van der Waals surface area contributed by atoms with E-state index in [4.69, 9.17) is 0 Å². The van der Waals surface area contributed by atoms with E-state index >= 15 is 0 Å². The molecule has 0 saturated heterocycles. The first-order valence-corrected chi connectivity index (χ1v) is 4.90. The first-order valence-electron chi connectivity index (χ1n) is 4.90. The van der Waals surface area contributed by atoms with E-state index in [1.165, 1.54) is 0 Å². The molecule has 3 heteroatoms. The summed E-state index contributed by atoms with van der Waals surface area (Å²) in [5.41, 5.74) is 2.61. The fraction of sp³-hybridized carbons (Fsp3) is 0.0769. The lowest BCUT2D eigenvalue weighted by Gasteiger charge is -2.02. The third kappa shape index (κ3) is 1.93. The van der Waals surface area contributed by atoms with Crippen molar-refractivity contribution in [1.29, 1.82) is 0 Å². The van der Waals surface area contributed by atoms with Crippen LogP contribution >= 0.6 is 0 Å². The SMILES string of the molecule is Cc1ccc(-c2c[c]ccc2)cc1[N+](=O)[O-]. The van der Waals surface area contributed by atoms with Crippen LogP contribution in [0, 0.1) is 23.1 Å². The van der Waals surface area contributed by atoms with Crippen LogP contribution in [-0.2, 0) is 0 Å². The molecule has 0 unspecified atom stereocenters. The van der Waals surface area contributed by atoms with Gasteiger partial charge in [-0.25, -0.2) is 0 Å². The number of nitro benzene ring substituents is 1. The van der Waals surface area contributed by atoms with Crippen molar-refractivity contribution < 1.29 is 4.92 Å². The third-order valence-electron chi connectivity index (χ3n) is 2.45. The van der Waals surface area contributed by atoms with E-state index in [0.717, 1.165) is 11.1 Å². The van der Waals surface area contributed by atoms with Crippen molar-refractivity contribution in [3.05, 3.63) is 64.2 Å². The Labute approximate surface area is 93.5 Å². The van der Waals surface area contributed by atoms with Crippen molar-refractivity contribution in [3.8, 4) is 11.1 Å². The lowest BCUT2D eigenvalue weighted by atomic mass is 10.0. The lowest BCUT2D eigenvalue weighted by molar-refractivity contribution is -0.385. The molecular weight excluding hydrogens is 202 g/mol. The number of aryl methyl sites for hydroxylation is 1. The van der Waals surface area contributed by atoms with Crippen LogP contribution in [0.4, 0.5) is 5.69 Å². The van der Waals surface area contributed by atoms with Gasteiger partial charge in [0.15, 0.2) is 0 Å². The second-order valence-corrected chi connectivity index (χ2v) is 3.55. The number of benzene rings is 2. The van der Waals surface area contributed by atoms with Crippen molar-refractivity contribution in [2.24, 2.45) is 0 Å². The molecule has 16 heavy (non-hydrogen) atoms. The maximum absolute atomic E-state index is 10.8. The van der Waals surface area contributed by atoms with E-state index in [-0.39, 0.29) is 10.6 Å². The first-order chi connectivity index (χ1) is 7.68. The Kier molecular flexibility index (Phi) is 2.68. The summed E-state index contributed by atoms with van der Waals surface area (Å²) in [5.74, 6) is 0. The van der Waals surface area contributed by atoms with Gasteiger partial charge in [0.05, 0.1) is 4.92 Å². The summed E-state index contributed by atoms with van der Waals surface area (Å²) in [6, 6.07) is 15.6. The molecule has 0 fully saturated rings. The monoisotopic (exact) mass is 212 g/mol. The first kappa shape index (κ1) is 10.4. The van der Waals surface area contributed by atoms with Crippen molar-refractivity contribution in [2.45, 2.75) is 6.92 Å². The molecule has 0 amide bonds. The van der Waals surface area contributed by atoms with Crippen LogP contribution in [-0.4, -0.2) is 4.92 Å². The van der Waals surface area contributed by atoms with Crippen molar-refractivity contribution >= 4 is 5.69 Å². The van der Waals surface area contributed by atoms with Crippen molar-refractivity contribution in [2.75, 3.05) is 0 Å². The fourth-order valence-corrected chi connectivity index (χ4v) is 1.56. The minimum Gasteiger partial charge on any atom is -0.258 e. The summed E-state index contributed by atoms with van der Waals surface area (Å²) in [5, 5.41) is 10.8. The molecular formula is C13H10NO2. The number of hydrogen-bond donors (Lipinski definition) is 0. The molecule has 0 aromatic heterocycles. The summed E-state index contributed by atoms with van der Waals surface area (Å²) < 4.78 is 0. The molecule has 0 saturated carbocycles. The van der Waals surface area contributed by atoms with Crippen LogP contribution < -0.4 is 0 Å². The van der Waals surface area contributed by atoms with Gasteiger partial charge < -0.3 is 0 Å². The molecule has 0 aliphatic rings. The highest BCUT2D eigenvalue weighted by atomic mass is 16.6. The van der Waals surface area contributed by atoms with Crippen LogP contribution in [0.15, 0.2) is 42.5 Å². The number of rotatable bonds is 2. The van der Waals surface area contributed by atoms with Gasteiger partial charge in [0, 0.05) is 11.6 Å². The van der Waals surface area contributed by atoms with Crippen LogP contribution in [0.25, 0.3) is 11.1 Å². The van der Waals surface area contributed by atoms with Gasteiger partial charge in [-0.1, -0.05) is 30.3 Å². The molecule has 1 radical (unpaired) electrons. The lowest BCUT2D eigenvalue weighted by Crippen LogP contribution is -1.91. The van der Waals surface area contributed by atoms with Gasteiger partial charge in [0.1, 0.15) is 0 Å². The average Bonchev–Trinajstić information content (AvgIpc) is 2.30. The number of hydrogen-bond acceptors (Lipinski definition) is 2. The summed E-state index contributed by atoms with van der Waals surface area (Å²) in [4.78, 5) is 10.4. The second-order valence-electron chi connectivity index (χ2n) is 3.55. The zero-order valence-corrected chi connectivity index (χ0v) is 8.81. The average molecular weight is 212 g/mol. The van der Waals surface area contributed by atoms with Gasteiger partial charge in [0.25, 0.3) is 5.69 Å². The van der Waals surface area contributed by atoms with Gasteiger partial charge in [-0.2, -0.15) is 0 Å². The summed E-state index contributed by atoms with van der Waals surface area (Å²) in [6.45, 7) is 1.74. The third-order valence-corrected chi connectivity index (χ3v) is 2.45. The van der Waals surface area contributed by atoms with E-state index in [2.05, 4.69) is 6.07 Å². The Morgan fingerprint density at radius 2 is 2.06 bits per heavy atom. The molecule has 0 heterocycles. The normalized spacial score (nSPS) is 10.1. The highest BCUT2D eigenvalue weighted by molar-refractivity contribution is 5.67. The summed E-state index contributed by atoms with van der Waals surface area (Å²) in [7, 11) is 0. The van der Waals surface area contributed by atoms with E-state index < -0.39 is 0 Å². The fourth-order valence-electron chi connectivity index (χ4n) is 1.56. The molecule has 3 nitrogen and oxygen atoms in total. The van der Waals surface area contributed by atoms with Crippen LogP contribution in [0.2, 0.25) is 0 Å². The molecule has 0 spiro atoms. The van der Waals surface area contributed by atoms with Crippen LogP contribution in [0.3, 0.4) is 0 Å². The number of nitro groups is 1. The zero-order chi connectivity index (χ0) is 11.5. The van der Waals surface area contributed by atoms with Crippen molar-refractivity contribution in [3.63, 3.8) is 0 Å². The highest BCUT2D eigenvalue weighted by Crippen LogP contribution is 2.26. The molecule has 0 N–H and O–H groups in total. The molecule has 2 rings (SSSR count). The Balaban J connectivity index is 2.52. The smallest absolute Gasteiger partial charge is 0.258 e. The second kappa shape index (κ2) is 4.14. The van der Waals surface area contributed by atoms with Crippen LogP contribution in [0.5, 0.6) is 0 Å². The molecule has 79 valence electrons. The topological polar surface area (TPSA) is 43.1 Å². The Bertz CT molecular complexity index is 521. The molecule has 0 aliphatic carbocycles. The molecule has 0 atom stereocenters. The summed E-state index contributed by atoms with van der Waals surface area (Å²) in [6.07, 6.45) is 0. The Hall–Kier alpha value is -2.16. The standard InChI is InChI=1S/C13H10NO2/c1-10-7-8-12(9-13(10)14(15)16)11-5-3-2-4-6-11/h2-3,5-9H,1H3. The predicted octanol–water partition coefficient (Wildman–Crippen LogP) is 3.37. The number of nitrogens with zero attached hydrogens (tertiary/aromatic N) is 1. The van der Waals surface area contributed by atoms with E-state index in [9.17, 15) is 10.1 Å². The maximum Gasteiger partial charge on any atom is 0.272 e. The Morgan fingerprint density at radius 1 is 1.25 bits per heavy atom. The zero-order valence-electron chi connectivity index (χ0n) is 8.81. The molecule has 0 aliphatic heterocycles. The highest BCUT2D eigenvalue weighted by Gasteiger charge is 2.11. The quantitative estimate of drug-likeness (QED) is 0.565. The van der Waals surface area contributed by atoms with E-state index in [1.54, 1.807) is 25.1 Å². The largest absolute Gasteiger partial charge is 0.272 e.